The van der Waals surface area contributed by atoms with Crippen LogP contribution < -0.4 is 16.6 Å². The Hall–Kier alpha value is -2.68. The van der Waals surface area contributed by atoms with E-state index in [1.807, 2.05) is 0 Å². The van der Waals surface area contributed by atoms with Gasteiger partial charge in [0.15, 0.2) is 0 Å². The van der Waals surface area contributed by atoms with Gasteiger partial charge in [0.2, 0.25) is 5.91 Å². The van der Waals surface area contributed by atoms with Gasteiger partial charge in [0.05, 0.1) is 17.0 Å². The molecule has 0 bridgehead atoms. The van der Waals surface area contributed by atoms with Gasteiger partial charge >= 0.3 is 0 Å². The Morgan fingerprint density at radius 3 is 2.90 bits per heavy atom. The number of carbonyl (C=O) groups is 2. The summed E-state index contributed by atoms with van der Waals surface area (Å²) < 4.78 is 0. The minimum Gasteiger partial charge on any atom is -0.354 e. The van der Waals surface area contributed by atoms with E-state index in [4.69, 9.17) is 5.84 Å². The van der Waals surface area contributed by atoms with Crippen molar-refractivity contribution in [1.82, 2.24) is 10.2 Å². The molecule has 1 aromatic rings. The lowest BCUT2D eigenvalue weighted by atomic mass is 10.1. The molecular formula is C12H15N5O4. The first-order chi connectivity index (χ1) is 10.0. The molecule has 0 aromatic heterocycles. The highest BCUT2D eigenvalue weighted by Crippen LogP contribution is 2.28. The molecule has 2 rings (SSSR count). The zero-order valence-electron chi connectivity index (χ0n) is 11.2. The Kier molecular flexibility index (Phi) is 4.33. The smallest absolute Gasteiger partial charge is 0.294 e. The van der Waals surface area contributed by atoms with Crippen molar-refractivity contribution >= 4 is 23.2 Å². The molecule has 0 unspecified atom stereocenters. The molecule has 1 aliphatic rings. The van der Waals surface area contributed by atoms with Crippen LogP contribution in [0.4, 0.5) is 11.4 Å². The molecule has 0 aliphatic carbocycles. The predicted octanol–water partition coefficient (Wildman–Crippen LogP) is -0.157. The van der Waals surface area contributed by atoms with Gasteiger partial charge in [-0.1, -0.05) is 6.07 Å². The third kappa shape index (κ3) is 3.08. The number of nitro benzene ring substituents is 1. The van der Waals surface area contributed by atoms with Gasteiger partial charge in [-0.25, -0.2) is 0 Å². The van der Waals surface area contributed by atoms with E-state index >= 15 is 0 Å². The molecule has 0 radical (unpaired) electrons. The third-order valence-corrected chi connectivity index (χ3v) is 3.16. The Bertz CT molecular complexity index is 589. The Balaban J connectivity index is 2.36. The molecule has 1 aromatic carbocycles. The van der Waals surface area contributed by atoms with Crippen LogP contribution in [0.2, 0.25) is 0 Å². The maximum absolute atomic E-state index is 12.5. The number of nitro groups is 1. The summed E-state index contributed by atoms with van der Waals surface area (Å²) in [6, 6.07) is 4.10. The van der Waals surface area contributed by atoms with Crippen LogP contribution >= 0.6 is 0 Å². The number of nitrogens with two attached hydrogens (primary N) is 1. The number of anilines is 1. The first-order valence-electron chi connectivity index (χ1n) is 6.34. The monoisotopic (exact) mass is 293 g/mol. The molecule has 1 fully saturated rings. The van der Waals surface area contributed by atoms with Crippen molar-refractivity contribution in [3.05, 3.63) is 33.9 Å². The molecule has 9 heteroatoms. The fourth-order valence-electron chi connectivity index (χ4n) is 2.17. The van der Waals surface area contributed by atoms with Crippen molar-refractivity contribution in [2.45, 2.75) is 6.42 Å². The minimum atomic E-state index is -0.624. The number of para-hydroxylation sites is 1. The van der Waals surface area contributed by atoms with Gasteiger partial charge in [0.25, 0.3) is 11.6 Å². The molecule has 21 heavy (non-hydrogen) atoms. The fraction of sp³-hybridized carbons (Fsp3) is 0.333. The summed E-state index contributed by atoms with van der Waals surface area (Å²) >= 11 is 0. The summed E-state index contributed by atoms with van der Waals surface area (Å²) in [6.45, 7) is 0.815. The maximum atomic E-state index is 12.5. The normalized spacial score (nSPS) is 15.1. The highest BCUT2D eigenvalue weighted by Gasteiger charge is 2.26. The molecule has 1 heterocycles. The number of amides is 2. The fourth-order valence-corrected chi connectivity index (χ4v) is 2.17. The highest BCUT2D eigenvalue weighted by molar-refractivity contribution is 6.02. The summed E-state index contributed by atoms with van der Waals surface area (Å²) in [4.78, 5) is 35.7. The summed E-state index contributed by atoms with van der Waals surface area (Å²) in [5.41, 5.74) is 1.93. The van der Waals surface area contributed by atoms with Crippen molar-refractivity contribution in [3.8, 4) is 0 Å². The van der Waals surface area contributed by atoms with Gasteiger partial charge in [-0.2, -0.15) is 0 Å². The first kappa shape index (κ1) is 14.7. The molecule has 1 aliphatic heterocycles. The van der Waals surface area contributed by atoms with Gasteiger partial charge in [-0.15, -0.1) is 0 Å². The van der Waals surface area contributed by atoms with Crippen LogP contribution in [0.1, 0.15) is 16.8 Å². The average Bonchev–Trinajstić information content (AvgIpc) is 2.70. The van der Waals surface area contributed by atoms with E-state index in [9.17, 15) is 19.7 Å². The minimum absolute atomic E-state index is 0.0582. The van der Waals surface area contributed by atoms with Crippen LogP contribution in [0, 0.1) is 10.1 Å². The molecular weight excluding hydrogens is 278 g/mol. The molecule has 2 amide bonds. The predicted molar refractivity (Wildman–Crippen MR) is 74.4 cm³/mol. The number of nitrogens with one attached hydrogen (secondary N) is 2. The standard InChI is InChI=1S/C12H15N5O4/c13-15-11-8(3-1-4-9(11)17(20)21)12(19)16-6-2-5-14-10(18)7-16/h1,3-4,15H,2,5-7,13H2,(H,14,18). The molecule has 1 saturated heterocycles. The van der Waals surface area contributed by atoms with Crippen LogP contribution in [0.15, 0.2) is 18.2 Å². The molecule has 9 nitrogen and oxygen atoms in total. The second-order valence-electron chi connectivity index (χ2n) is 4.53. The van der Waals surface area contributed by atoms with Crippen LogP contribution in [-0.2, 0) is 4.79 Å². The zero-order chi connectivity index (χ0) is 15.4. The number of hydrogen-bond acceptors (Lipinski definition) is 6. The Morgan fingerprint density at radius 1 is 1.48 bits per heavy atom. The van der Waals surface area contributed by atoms with Crippen molar-refractivity contribution in [3.63, 3.8) is 0 Å². The van der Waals surface area contributed by atoms with E-state index in [1.165, 1.54) is 23.1 Å². The van der Waals surface area contributed by atoms with Crippen LogP contribution in [0.5, 0.6) is 0 Å². The molecule has 0 atom stereocenters. The molecule has 112 valence electrons. The summed E-state index contributed by atoms with van der Waals surface area (Å²) in [7, 11) is 0. The van der Waals surface area contributed by atoms with E-state index in [0.29, 0.717) is 19.5 Å². The number of rotatable bonds is 3. The van der Waals surface area contributed by atoms with Gasteiger partial charge in [-0.3, -0.25) is 25.5 Å². The Labute approximate surface area is 120 Å². The number of nitrogens with zero attached hydrogens (tertiary/aromatic N) is 2. The summed E-state index contributed by atoms with van der Waals surface area (Å²) in [5, 5.41) is 13.6. The lowest BCUT2D eigenvalue weighted by Gasteiger charge is -2.20. The van der Waals surface area contributed by atoms with E-state index in [-0.39, 0.29) is 29.4 Å². The molecule has 0 saturated carbocycles. The van der Waals surface area contributed by atoms with Gasteiger partial charge < -0.3 is 15.6 Å². The van der Waals surface area contributed by atoms with Crippen LogP contribution in [-0.4, -0.2) is 41.3 Å². The highest BCUT2D eigenvalue weighted by atomic mass is 16.6. The number of hydrazine groups is 1. The quantitative estimate of drug-likeness (QED) is 0.403. The van der Waals surface area contributed by atoms with E-state index in [2.05, 4.69) is 10.7 Å². The van der Waals surface area contributed by atoms with Crippen molar-refractivity contribution in [2.75, 3.05) is 25.1 Å². The summed E-state index contributed by atoms with van der Waals surface area (Å²) in [6.07, 6.45) is 0.623. The Morgan fingerprint density at radius 2 is 2.24 bits per heavy atom. The number of hydrogen-bond donors (Lipinski definition) is 3. The first-order valence-corrected chi connectivity index (χ1v) is 6.34. The third-order valence-electron chi connectivity index (χ3n) is 3.16. The van der Waals surface area contributed by atoms with Crippen molar-refractivity contribution in [2.24, 2.45) is 5.84 Å². The van der Waals surface area contributed by atoms with Crippen molar-refractivity contribution in [1.29, 1.82) is 0 Å². The SMILES string of the molecule is NNc1c(C(=O)N2CCCNC(=O)C2)cccc1[N+](=O)[O-]. The zero-order valence-corrected chi connectivity index (χ0v) is 11.2. The van der Waals surface area contributed by atoms with Gasteiger partial charge in [0, 0.05) is 19.2 Å². The second-order valence-corrected chi connectivity index (χ2v) is 4.53. The lowest BCUT2D eigenvalue weighted by Crippen LogP contribution is -2.37. The topological polar surface area (TPSA) is 131 Å². The number of benzene rings is 1. The molecule has 4 N–H and O–H groups in total. The van der Waals surface area contributed by atoms with Crippen LogP contribution in [0.25, 0.3) is 0 Å². The van der Waals surface area contributed by atoms with Crippen LogP contribution in [0.3, 0.4) is 0 Å². The van der Waals surface area contributed by atoms with E-state index < -0.39 is 10.8 Å². The lowest BCUT2D eigenvalue weighted by molar-refractivity contribution is -0.384. The van der Waals surface area contributed by atoms with Crippen molar-refractivity contribution < 1.29 is 14.5 Å². The van der Waals surface area contributed by atoms with Gasteiger partial charge in [0.1, 0.15) is 5.69 Å². The van der Waals surface area contributed by atoms with E-state index in [0.717, 1.165) is 0 Å². The number of nitrogen functional groups attached to an aromatic ring is 1. The second kappa shape index (κ2) is 6.18. The number of carbonyl (C=O) groups excluding carboxylic acids is 2. The van der Waals surface area contributed by atoms with Gasteiger partial charge in [-0.05, 0) is 12.5 Å². The molecule has 0 spiro atoms. The largest absolute Gasteiger partial charge is 0.354 e. The maximum Gasteiger partial charge on any atom is 0.294 e. The average molecular weight is 293 g/mol. The summed E-state index contributed by atoms with van der Waals surface area (Å²) in [5.74, 6) is 4.59. The van der Waals surface area contributed by atoms with E-state index in [1.54, 1.807) is 0 Å².